The summed E-state index contributed by atoms with van der Waals surface area (Å²) in [7, 11) is 0. The number of hydrogen-bond acceptors (Lipinski definition) is 1. The molecule has 2 nitrogen and oxygen atoms in total. The summed E-state index contributed by atoms with van der Waals surface area (Å²) in [5.74, 6) is -0.0305. The highest BCUT2D eigenvalue weighted by Crippen LogP contribution is 2.45. The molecule has 0 radical (unpaired) electrons. The summed E-state index contributed by atoms with van der Waals surface area (Å²) in [5.41, 5.74) is 1.16. The number of benzene rings is 1. The molecule has 1 fully saturated rings. The number of carbonyl (C=O) groups excluding carboxylic acids is 1. The van der Waals surface area contributed by atoms with Crippen molar-refractivity contribution in [1.29, 1.82) is 0 Å². The van der Waals surface area contributed by atoms with Gasteiger partial charge in [-0.3, -0.25) is 4.79 Å². The van der Waals surface area contributed by atoms with E-state index in [1.165, 1.54) is 6.42 Å². The van der Waals surface area contributed by atoms with Crippen LogP contribution in [0.3, 0.4) is 0 Å². The molecule has 21 heavy (non-hydrogen) atoms. The molecule has 0 unspecified atom stereocenters. The largest absolute Gasteiger partial charge is 0.349 e. The summed E-state index contributed by atoms with van der Waals surface area (Å²) in [6.07, 6.45) is 3.23. The smallest absolute Gasteiger partial charge is 0.252 e. The topological polar surface area (TPSA) is 29.1 Å². The maximum absolute atomic E-state index is 12.5. The van der Waals surface area contributed by atoms with Crippen molar-refractivity contribution in [2.45, 2.75) is 53.0 Å². The van der Waals surface area contributed by atoms with Crippen LogP contribution in [0.15, 0.2) is 22.7 Å². The maximum atomic E-state index is 12.5. The Bertz CT molecular complexity index is 538. The Labute approximate surface area is 140 Å². The number of carbonyl (C=O) groups is 1. The molecule has 0 aromatic heterocycles. The molecule has 1 aromatic carbocycles. The van der Waals surface area contributed by atoms with Gasteiger partial charge in [-0.2, -0.15) is 0 Å². The zero-order chi connectivity index (χ0) is 15.8. The zero-order valence-electron chi connectivity index (χ0n) is 13.1. The molecule has 0 spiro atoms. The van der Waals surface area contributed by atoms with Crippen LogP contribution in [-0.2, 0) is 0 Å². The molecule has 0 heterocycles. The van der Waals surface area contributed by atoms with E-state index in [1.807, 2.05) is 0 Å². The predicted molar refractivity (Wildman–Crippen MR) is 91.8 cm³/mol. The molecule has 1 amide bonds. The Morgan fingerprint density at radius 1 is 1.24 bits per heavy atom. The van der Waals surface area contributed by atoms with Gasteiger partial charge in [0.15, 0.2) is 0 Å². The van der Waals surface area contributed by atoms with Gasteiger partial charge in [0.2, 0.25) is 0 Å². The van der Waals surface area contributed by atoms with Crippen LogP contribution in [0, 0.1) is 10.8 Å². The van der Waals surface area contributed by atoms with Crippen molar-refractivity contribution in [3.63, 3.8) is 0 Å². The molecule has 116 valence electrons. The Morgan fingerprint density at radius 2 is 1.81 bits per heavy atom. The first kappa shape index (κ1) is 16.8. The van der Waals surface area contributed by atoms with Gasteiger partial charge in [-0.15, -0.1) is 0 Å². The highest BCUT2D eigenvalue weighted by molar-refractivity contribution is 9.10. The second kappa shape index (κ2) is 5.92. The first-order valence-electron chi connectivity index (χ1n) is 7.34. The van der Waals surface area contributed by atoms with E-state index in [9.17, 15) is 4.79 Å². The highest BCUT2D eigenvalue weighted by Gasteiger charge is 2.39. The predicted octanol–water partition coefficient (Wildman–Crippen LogP) is 5.44. The number of hydrogen-bond donors (Lipinski definition) is 1. The van der Waals surface area contributed by atoms with Crippen molar-refractivity contribution in [3.8, 4) is 0 Å². The molecule has 1 saturated carbocycles. The van der Waals surface area contributed by atoms with E-state index in [0.29, 0.717) is 10.6 Å². The molecular weight excluding hydrogens is 350 g/mol. The zero-order valence-corrected chi connectivity index (χ0v) is 15.4. The second-order valence-electron chi connectivity index (χ2n) is 7.71. The number of nitrogens with one attached hydrogen (secondary N) is 1. The van der Waals surface area contributed by atoms with E-state index < -0.39 is 0 Å². The van der Waals surface area contributed by atoms with Crippen LogP contribution in [0.5, 0.6) is 0 Å². The van der Waals surface area contributed by atoms with Crippen LogP contribution in [-0.4, -0.2) is 11.9 Å². The van der Waals surface area contributed by atoms with Crippen LogP contribution in [0.2, 0.25) is 5.02 Å². The van der Waals surface area contributed by atoms with Gasteiger partial charge in [-0.25, -0.2) is 0 Å². The van der Waals surface area contributed by atoms with Gasteiger partial charge < -0.3 is 5.32 Å². The van der Waals surface area contributed by atoms with Gasteiger partial charge in [-0.1, -0.05) is 39.3 Å². The normalized spacial score (nSPS) is 21.0. The molecule has 0 saturated heterocycles. The lowest BCUT2D eigenvalue weighted by atomic mass is 9.63. The monoisotopic (exact) mass is 371 g/mol. The van der Waals surface area contributed by atoms with E-state index in [4.69, 9.17) is 11.6 Å². The van der Waals surface area contributed by atoms with Gasteiger partial charge in [-0.05, 0) is 64.2 Å². The summed E-state index contributed by atoms with van der Waals surface area (Å²) in [6, 6.07) is 5.49. The highest BCUT2D eigenvalue weighted by atomic mass is 79.9. The lowest BCUT2D eigenvalue weighted by molar-refractivity contribution is 0.0713. The number of rotatable bonds is 2. The molecule has 1 aliphatic rings. The van der Waals surface area contributed by atoms with Crippen molar-refractivity contribution in [3.05, 3.63) is 33.3 Å². The third kappa shape index (κ3) is 4.46. The van der Waals surface area contributed by atoms with E-state index in [1.54, 1.807) is 18.2 Å². The lowest BCUT2D eigenvalue weighted by Gasteiger charge is -2.45. The third-order valence-electron chi connectivity index (χ3n) is 4.07. The third-order valence-corrected chi connectivity index (χ3v) is 4.96. The van der Waals surface area contributed by atoms with Crippen molar-refractivity contribution in [1.82, 2.24) is 5.32 Å². The molecule has 1 aromatic rings. The van der Waals surface area contributed by atoms with E-state index in [0.717, 1.165) is 17.3 Å². The molecule has 2 rings (SSSR count). The summed E-state index contributed by atoms with van der Waals surface area (Å²) in [6.45, 7) is 9.13. The Kier molecular flexibility index (Phi) is 4.75. The van der Waals surface area contributed by atoms with Crippen LogP contribution in [0.4, 0.5) is 0 Å². The fourth-order valence-corrected chi connectivity index (χ4v) is 4.75. The van der Waals surface area contributed by atoms with Crippen molar-refractivity contribution < 1.29 is 4.79 Å². The Hall–Kier alpha value is -0.540. The second-order valence-corrected chi connectivity index (χ2v) is 9.00. The van der Waals surface area contributed by atoms with E-state index in [-0.39, 0.29) is 22.8 Å². The summed E-state index contributed by atoms with van der Waals surface area (Å²) in [5, 5.41) is 3.82. The standard InChI is InChI=1S/C17H23BrClNO/c1-16(2)8-12(9-17(3,4)10-16)20-15(21)13-6-5-11(19)7-14(13)18/h5-7,12H,8-10H2,1-4H3,(H,20,21). The van der Waals surface area contributed by atoms with Crippen LogP contribution in [0.25, 0.3) is 0 Å². The maximum Gasteiger partial charge on any atom is 0.252 e. The average Bonchev–Trinajstić information content (AvgIpc) is 2.23. The van der Waals surface area contributed by atoms with Crippen molar-refractivity contribution in [2.75, 3.05) is 0 Å². The summed E-state index contributed by atoms with van der Waals surface area (Å²) >= 11 is 9.34. The minimum Gasteiger partial charge on any atom is -0.349 e. The molecule has 0 atom stereocenters. The summed E-state index contributed by atoms with van der Waals surface area (Å²) in [4.78, 5) is 12.5. The molecular formula is C17H23BrClNO. The molecule has 4 heteroatoms. The van der Waals surface area contributed by atoms with Crippen LogP contribution in [0.1, 0.15) is 57.3 Å². The molecule has 0 bridgehead atoms. The molecule has 1 N–H and O–H groups in total. The first-order valence-corrected chi connectivity index (χ1v) is 8.51. The minimum atomic E-state index is -0.0305. The van der Waals surface area contributed by atoms with E-state index >= 15 is 0 Å². The number of amides is 1. The van der Waals surface area contributed by atoms with Gasteiger partial charge >= 0.3 is 0 Å². The SMILES string of the molecule is CC1(C)CC(NC(=O)c2ccc(Cl)cc2Br)CC(C)(C)C1. The quantitative estimate of drug-likeness (QED) is 0.736. The average molecular weight is 373 g/mol. The Morgan fingerprint density at radius 3 is 2.33 bits per heavy atom. The van der Waals surface area contributed by atoms with Crippen molar-refractivity contribution >= 4 is 33.4 Å². The van der Waals surface area contributed by atoms with Gasteiger partial charge in [0, 0.05) is 15.5 Å². The fraction of sp³-hybridized carbons (Fsp3) is 0.588. The molecule has 0 aliphatic heterocycles. The van der Waals surface area contributed by atoms with E-state index in [2.05, 4.69) is 48.9 Å². The van der Waals surface area contributed by atoms with Crippen molar-refractivity contribution in [2.24, 2.45) is 10.8 Å². The number of halogens is 2. The first-order chi connectivity index (χ1) is 9.58. The lowest BCUT2D eigenvalue weighted by Crippen LogP contribution is -2.46. The fourth-order valence-electron chi connectivity index (χ4n) is 3.88. The van der Waals surface area contributed by atoms with Gasteiger partial charge in [0.1, 0.15) is 0 Å². The molecule has 1 aliphatic carbocycles. The Balaban J connectivity index is 2.12. The van der Waals surface area contributed by atoms with Crippen LogP contribution < -0.4 is 5.32 Å². The van der Waals surface area contributed by atoms with Gasteiger partial charge in [0.25, 0.3) is 5.91 Å². The minimum absolute atomic E-state index is 0.0305. The van der Waals surface area contributed by atoms with Gasteiger partial charge in [0.05, 0.1) is 5.56 Å². The van der Waals surface area contributed by atoms with Crippen LogP contribution >= 0.6 is 27.5 Å². The summed E-state index contributed by atoms with van der Waals surface area (Å²) < 4.78 is 0.738.